The van der Waals surface area contributed by atoms with Crippen LogP contribution in [0.15, 0.2) is 0 Å². The van der Waals surface area contributed by atoms with E-state index in [2.05, 4.69) is 27.9 Å². The zero-order valence-corrected chi connectivity index (χ0v) is 11.7. The number of nitrogens with one attached hydrogen (secondary N) is 3. The molecule has 5 N–H and O–H groups in total. The van der Waals surface area contributed by atoms with Crippen molar-refractivity contribution in [3.05, 3.63) is 4.88 Å². The van der Waals surface area contributed by atoms with E-state index in [0.717, 1.165) is 26.1 Å². The van der Waals surface area contributed by atoms with Crippen molar-refractivity contribution in [3.63, 3.8) is 0 Å². The number of nitrogens with zero attached hydrogens (tertiary/aromatic N) is 1. The first-order valence-electron chi connectivity index (χ1n) is 6.18. The van der Waals surface area contributed by atoms with Crippen molar-refractivity contribution in [2.75, 3.05) is 37.2 Å². The Kier molecular flexibility index (Phi) is 6.45. The molecule has 0 aromatic carbocycles. The molecular formula is C11H21N5OS. The average Bonchev–Trinajstić information content (AvgIpc) is 2.70. The van der Waals surface area contributed by atoms with Crippen molar-refractivity contribution in [2.24, 2.45) is 0 Å². The molecule has 1 amide bonds. The number of amides is 1. The quantitative estimate of drug-likeness (QED) is 0.527. The molecule has 102 valence electrons. The molecule has 0 bridgehead atoms. The van der Waals surface area contributed by atoms with Crippen LogP contribution in [0, 0.1) is 0 Å². The van der Waals surface area contributed by atoms with Gasteiger partial charge in [-0.2, -0.15) is 0 Å². The zero-order chi connectivity index (χ0) is 13.4. The number of nitrogens with two attached hydrogens (primary N) is 1. The number of carbonyl (C=O) groups is 1. The van der Waals surface area contributed by atoms with Gasteiger partial charge < -0.3 is 21.7 Å². The van der Waals surface area contributed by atoms with Gasteiger partial charge in [0, 0.05) is 13.1 Å². The molecule has 0 unspecified atom stereocenters. The van der Waals surface area contributed by atoms with Gasteiger partial charge in [-0.3, -0.25) is 4.79 Å². The van der Waals surface area contributed by atoms with Gasteiger partial charge >= 0.3 is 0 Å². The van der Waals surface area contributed by atoms with Crippen molar-refractivity contribution >= 4 is 28.2 Å². The monoisotopic (exact) mass is 271 g/mol. The molecule has 1 aromatic heterocycles. The minimum atomic E-state index is -0.148. The number of aromatic nitrogens is 1. The van der Waals surface area contributed by atoms with Gasteiger partial charge in [-0.25, -0.2) is 4.98 Å². The molecule has 0 spiro atoms. The lowest BCUT2D eigenvalue weighted by Crippen LogP contribution is -2.27. The summed E-state index contributed by atoms with van der Waals surface area (Å²) in [5.41, 5.74) is 5.71. The highest BCUT2D eigenvalue weighted by Gasteiger charge is 2.15. The molecule has 1 aromatic rings. The number of anilines is 2. The number of carbonyl (C=O) groups excluding carboxylic acids is 1. The zero-order valence-electron chi connectivity index (χ0n) is 10.9. The second-order valence-corrected chi connectivity index (χ2v) is 4.73. The molecule has 0 fully saturated rings. The van der Waals surface area contributed by atoms with Crippen LogP contribution in [-0.4, -0.2) is 37.1 Å². The van der Waals surface area contributed by atoms with Gasteiger partial charge in [0.25, 0.3) is 5.91 Å². The molecule has 1 heterocycles. The Bertz CT molecular complexity index is 380. The van der Waals surface area contributed by atoms with E-state index in [4.69, 9.17) is 5.73 Å². The lowest BCUT2D eigenvalue weighted by molar-refractivity contribution is 0.0958. The fraction of sp³-hybridized carbons (Fsp3) is 0.636. The Morgan fingerprint density at radius 1 is 1.33 bits per heavy atom. The highest BCUT2D eigenvalue weighted by Crippen LogP contribution is 2.24. The molecule has 0 aliphatic carbocycles. The van der Waals surface area contributed by atoms with Crippen molar-refractivity contribution in [1.82, 2.24) is 15.6 Å². The van der Waals surface area contributed by atoms with Crippen molar-refractivity contribution in [2.45, 2.75) is 20.3 Å². The molecule has 0 saturated heterocycles. The van der Waals surface area contributed by atoms with Crippen molar-refractivity contribution < 1.29 is 4.79 Å². The van der Waals surface area contributed by atoms with Gasteiger partial charge in [-0.05, 0) is 26.4 Å². The van der Waals surface area contributed by atoms with Crippen LogP contribution < -0.4 is 21.7 Å². The smallest absolute Gasteiger partial charge is 0.265 e. The highest BCUT2D eigenvalue weighted by atomic mass is 32.1. The summed E-state index contributed by atoms with van der Waals surface area (Å²) in [6.07, 6.45) is 0.901. The number of thiazole rings is 1. The Labute approximate surface area is 111 Å². The van der Waals surface area contributed by atoms with Crippen LogP contribution in [0.1, 0.15) is 29.9 Å². The largest absolute Gasteiger partial charge is 0.382 e. The number of hydrogen-bond donors (Lipinski definition) is 4. The predicted molar refractivity (Wildman–Crippen MR) is 76.2 cm³/mol. The maximum absolute atomic E-state index is 11.8. The fourth-order valence-corrected chi connectivity index (χ4v) is 2.26. The van der Waals surface area contributed by atoms with Gasteiger partial charge in [0.15, 0.2) is 5.13 Å². The molecule has 18 heavy (non-hydrogen) atoms. The van der Waals surface area contributed by atoms with Gasteiger partial charge in [0.2, 0.25) is 0 Å². The van der Waals surface area contributed by atoms with E-state index in [1.165, 1.54) is 11.3 Å². The number of rotatable bonds is 8. The lowest BCUT2D eigenvalue weighted by atomic mass is 10.4. The van der Waals surface area contributed by atoms with E-state index in [0.29, 0.717) is 22.4 Å². The summed E-state index contributed by atoms with van der Waals surface area (Å²) in [4.78, 5) is 16.4. The first-order valence-corrected chi connectivity index (χ1v) is 6.99. The van der Waals surface area contributed by atoms with Crippen molar-refractivity contribution in [1.29, 1.82) is 0 Å². The van der Waals surface area contributed by atoms with E-state index in [-0.39, 0.29) is 5.91 Å². The van der Waals surface area contributed by atoms with Crippen LogP contribution in [0.4, 0.5) is 10.9 Å². The van der Waals surface area contributed by atoms with E-state index >= 15 is 0 Å². The second kappa shape index (κ2) is 7.88. The highest BCUT2D eigenvalue weighted by molar-refractivity contribution is 7.18. The summed E-state index contributed by atoms with van der Waals surface area (Å²) in [7, 11) is 0. The first kappa shape index (κ1) is 14.7. The third-order valence-corrected chi connectivity index (χ3v) is 3.28. The summed E-state index contributed by atoms with van der Waals surface area (Å²) in [6, 6.07) is 0. The molecule has 1 rings (SSSR count). The molecule has 0 atom stereocenters. The molecule has 7 heteroatoms. The Morgan fingerprint density at radius 3 is 2.78 bits per heavy atom. The third kappa shape index (κ3) is 4.50. The van der Waals surface area contributed by atoms with E-state index < -0.39 is 0 Å². The standard InChI is InChI=1S/C11H21N5OS/c1-3-13-6-5-7-15-10(17)8-9(12)16-11(18-8)14-4-2/h13H,3-7,12H2,1-2H3,(H,14,16)(H,15,17). The summed E-state index contributed by atoms with van der Waals surface area (Å²) >= 11 is 1.29. The SMILES string of the molecule is CCNCCCNC(=O)c1sc(NCC)nc1N. The minimum Gasteiger partial charge on any atom is -0.382 e. The number of hydrogen-bond acceptors (Lipinski definition) is 6. The summed E-state index contributed by atoms with van der Waals surface area (Å²) in [6.45, 7) is 7.27. The summed E-state index contributed by atoms with van der Waals surface area (Å²) < 4.78 is 0. The Morgan fingerprint density at radius 2 is 2.11 bits per heavy atom. The molecule has 0 aliphatic rings. The molecule has 6 nitrogen and oxygen atoms in total. The first-order chi connectivity index (χ1) is 8.69. The normalized spacial score (nSPS) is 10.3. The summed E-state index contributed by atoms with van der Waals surface area (Å²) in [5, 5.41) is 9.77. The molecule has 0 aliphatic heterocycles. The Hall–Kier alpha value is -1.34. The van der Waals surface area contributed by atoms with Gasteiger partial charge in [0.05, 0.1) is 0 Å². The van der Waals surface area contributed by atoms with Gasteiger partial charge in [0.1, 0.15) is 10.7 Å². The van der Waals surface area contributed by atoms with Gasteiger partial charge in [-0.1, -0.05) is 18.3 Å². The van der Waals surface area contributed by atoms with Gasteiger partial charge in [-0.15, -0.1) is 0 Å². The maximum Gasteiger partial charge on any atom is 0.265 e. The molecule has 0 radical (unpaired) electrons. The second-order valence-electron chi connectivity index (χ2n) is 3.73. The van der Waals surface area contributed by atoms with Crippen molar-refractivity contribution in [3.8, 4) is 0 Å². The Balaban J connectivity index is 2.41. The fourth-order valence-electron chi connectivity index (χ4n) is 1.39. The van der Waals surface area contributed by atoms with Crippen LogP contribution in [-0.2, 0) is 0 Å². The molecule has 0 saturated carbocycles. The topological polar surface area (TPSA) is 92.1 Å². The minimum absolute atomic E-state index is 0.148. The van der Waals surface area contributed by atoms with Crippen LogP contribution >= 0.6 is 11.3 Å². The van der Waals surface area contributed by atoms with Crippen LogP contribution in [0.5, 0.6) is 0 Å². The molecular weight excluding hydrogens is 250 g/mol. The third-order valence-electron chi connectivity index (χ3n) is 2.25. The van der Waals surface area contributed by atoms with E-state index in [1.54, 1.807) is 0 Å². The van der Waals surface area contributed by atoms with Crippen LogP contribution in [0.2, 0.25) is 0 Å². The van der Waals surface area contributed by atoms with E-state index in [9.17, 15) is 4.79 Å². The predicted octanol–water partition coefficient (Wildman–Crippen LogP) is 0.886. The average molecular weight is 271 g/mol. The lowest BCUT2D eigenvalue weighted by Gasteiger charge is -2.04. The summed E-state index contributed by atoms with van der Waals surface area (Å²) in [5.74, 6) is 0.144. The van der Waals surface area contributed by atoms with E-state index in [1.807, 2.05) is 6.92 Å². The van der Waals surface area contributed by atoms with Crippen LogP contribution in [0.25, 0.3) is 0 Å². The number of nitrogen functional groups attached to an aromatic ring is 1. The maximum atomic E-state index is 11.8. The van der Waals surface area contributed by atoms with Crippen LogP contribution in [0.3, 0.4) is 0 Å².